The maximum absolute atomic E-state index is 12.9. The molecule has 5 nitrogen and oxygen atoms in total. The number of primary amides is 1. The fourth-order valence-electron chi connectivity index (χ4n) is 3.91. The Balaban J connectivity index is 1.82. The van der Waals surface area contributed by atoms with Gasteiger partial charge in [0.05, 0.1) is 12.2 Å². The molecular formula is C24H32N2O3S. The van der Waals surface area contributed by atoms with Gasteiger partial charge in [-0.1, -0.05) is 40.2 Å². The first kappa shape index (κ1) is 22.3. The Morgan fingerprint density at radius 1 is 1.30 bits per heavy atom. The van der Waals surface area contributed by atoms with Crippen molar-refractivity contribution < 1.29 is 14.3 Å². The van der Waals surface area contributed by atoms with Gasteiger partial charge in [-0.3, -0.25) is 9.59 Å². The minimum absolute atomic E-state index is 0.205. The van der Waals surface area contributed by atoms with Crippen molar-refractivity contribution in [1.82, 2.24) is 0 Å². The lowest BCUT2D eigenvalue weighted by atomic mass is 9.72. The largest absolute Gasteiger partial charge is 0.494 e. The zero-order valence-corrected chi connectivity index (χ0v) is 19.2. The third-order valence-corrected chi connectivity index (χ3v) is 7.00. The molecule has 2 aromatic rings. The summed E-state index contributed by atoms with van der Waals surface area (Å²) < 4.78 is 5.71. The molecule has 1 atom stereocenters. The van der Waals surface area contributed by atoms with E-state index >= 15 is 0 Å². The first-order valence-corrected chi connectivity index (χ1v) is 11.5. The molecule has 162 valence electrons. The Kier molecular flexibility index (Phi) is 6.86. The van der Waals surface area contributed by atoms with Crippen LogP contribution in [-0.4, -0.2) is 18.4 Å². The van der Waals surface area contributed by atoms with Gasteiger partial charge in [0.25, 0.3) is 11.8 Å². The summed E-state index contributed by atoms with van der Waals surface area (Å²) in [5.41, 5.74) is 7.90. The number of fused-ring (bicyclic) bond motifs is 1. The number of rotatable bonds is 7. The quantitative estimate of drug-likeness (QED) is 0.577. The molecular weight excluding hydrogens is 396 g/mol. The number of anilines is 1. The van der Waals surface area contributed by atoms with Crippen molar-refractivity contribution in [3.8, 4) is 5.75 Å². The molecule has 0 aliphatic heterocycles. The number of nitrogens with two attached hydrogens (primary N) is 1. The van der Waals surface area contributed by atoms with Crippen LogP contribution in [0.15, 0.2) is 24.3 Å². The molecule has 30 heavy (non-hydrogen) atoms. The van der Waals surface area contributed by atoms with Crippen LogP contribution in [0.2, 0.25) is 0 Å². The summed E-state index contributed by atoms with van der Waals surface area (Å²) in [6, 6.07) is 7.13. The van der Waals surface area contributed by atoms with Crippen LogP contribution in [-0.2, 0) is 12.8 Å². The summed E-state index contributed by atoms with van der Waals surface area (Å²) in [6.07, 6.45) is 4.78. The fourth-order valence-corrected chi connectivity index (χ4v) is 5.24. The molecule has 1 aromatic carbocycles. The third kappa shape index (κ3) is 5.04. The van der Waals surface area contributed by atoms with Crippen LogP contribution in [0.25, 0.3) is 0 Å². The molecule has 0 unspecified atom stereocenters. The lowest BCUT2D eigenvalue weighted by Crippen LogP contribution is -2.27. The Morgan fingerprint density at radius 3 is 2.73 bits per heavy atom. The van der Waals surface area contributed by atoms with Crippen molar-refractivity contribution in [2.75, 3.05) is 11.9 Å². The summed E-state index contributed by atoms with van der Waals surface area (Å²) in [5, 5.41) is 3.50. The van der Waals surface area contributed by atoms with E-state index in [1.54, 1.807) is 18.2 Å². The van der Waals surface area contributed by atoms with Crippen LogP contribution >= 0.6 is 11.3 Å². The van der Waals surface area contributed by atoms with Gasteiger partial charge in [-0.25, -0.2) is 0 Å². The van der Waals surface area contributed by atoms with Crippen LogP contribution in [0.1, 0.15) is 78.1 Å². The van der Waals surface area contributed by atoms with Crippen molar-refractivity contribution in [2.24, 2.45) is 17.1 Å². The molecule has 3 N–H and O–H groups in total. The molecule has 1 aliphatic rings. The van der Waals surface area contributed by atoms with Crippen LogP contribution in [0, 0.1) is 11.3 Å². The van der Waals surface area contributed by atoms with Gasteiger partial charge in [0.15, 0.2) is 0 Å². The number of carbonyl (C=O) groups is 2. The zero-order chi connectivity index (χ0) is 21.9. The molecule has 1 aromatic heterocycles. The van der Waals surface area contributed by atoms with Crippen molar-refractivity contribution in [1.29, 1.82) is 0 Å². The lowest BCUT2D eigenvalue weighted by Gasteiger charge is -2.33. The maximum atomic E-state index is 12.9. The van der Waals surface area contributed by atoms with E-state index in [4.69, 9.17) is 10.5 Å². The molecule has 1 aliphatic carbocycles. The molecule has 1 heterocycles. The highest BCUT2D eigenvalue weighted by molar-refractivity contribution is 7.17. The molecule has 0 radical (unpaired) electrons. The molecule has 3 rings (SSSR count). The maximum Gasteiger partial charge on any atom is 0.256 e. The molecule has 0 bridgehead atoms. The Bertz CT molecular complexity index is 927. The molecule has 0 saturated heterocycles. The van der Waals surface area contributed by atoms with Gasteiger partial charge in [-0.15, -0.1) is 11.3 Å². The van der Waals surface area contributed by atoms with Crippen LogP contribution < -0.4 is 15.8 Å². The average Bonchev–Trinajstić information content (AvgIpc) is 3.05. The molecule has 0 fully saturated rings. The standard InChI is InChI=1S/C24H32N2O3S/c1-5-6-12-29-17-9-7-8-15(13-17)22(28)26-23-20(21(25)27)18-11-10-16(24(2,3)4)14-19(18)30-23/h7-9,13,16H,5-6,10-12,14H2,1-4H3,(H2,25,27)(H,26,28)/t16-/m1/s1. The van der Waals surface area contributed by atoms with Gasteiger partial charge in [-0.05, 0) is 60.8 Å². The van der Waals surface area contributed by atoms with Gasteiger partial charge in [-0.2, -0.15) is 0 Å². The highest BCUT2D eigenvalue weighted by Crippen LogP contribution is 2.44. The monoisotopic (exact) mass is 428 g/mol. The Labute approximate surface area is 183 Å². The zero-order valence-electron chi connectivity index (χ0n) is 18.3. The minimum atomic E-state index is -0.478. The Morgan fingerprint density at radius 2 is 2.07 bits per heavy atom. The lowest BCUT2D eigenvalue weighted by molar-refractivity contribution is 0.1000. The average molecular weight is 429 g/mol. The predicted octanol–water partition coefficient (Wildman–Crippen LogP) is 5.43. The van der Waals surface area contributed by atoms with Gasteiger partial charge in [0.1, 0.15) is 10.8 Å². The number of amides is 2. The van der Waals surface area contributed by atoms with E-state index in [1.165, 1.54) is 16.2 Å². The van der Waals surface area contributed by atoms with Gasteiger partial charge < -0.3 is 15.8 Å². The summed E-state index contributed by atoms with van der Waals surface area (Å²) >= 11 is 1.49. The normalized spacial score (nSPS) is 16.1. The minimum Gasteiger partial charge on any atom is -0.494 e. The highest BCUT2D eigenvalue weighted by atomic mass is 32.1. The Hall–Kier alpha value is -2.34. The van der Waals surface area contributed by atoms with Crippen LogP contribution in [0.5, 0.6) is 5.75 Å². The number of nitrogens with one attached hydrogen (secondary N) is 1. The number of ether oxygens (including phenoxy) is 1. The van der Waals surface area contributed by atoms with Crippen LogP contribution in [0.3, 0.4) is 0 Å². The predicted molar refractivity (Wildman–Crippen MR) is 123 cm³/mol. The second kappa shape index (κ2) is 9.21. The number of hydrogen-bond donors (Lipinski definition) is 2. The second-order valence-electron chi connectivity index (χ2n) is 9.06. The third-order valence-electron chi connectivity index (χ3n) is 5.83. The van der Waals surface area contributed by atoms with E-state index in [0.717, 1.165) is 37.7 Å². The highest BCUT2D eigenvalue weighted by Gasteiger charge is 2.33. The smallest absolute Gasteiger partial charge is 0.256 e. The summed E-state index contributed by atoms with van der Waals surface area (Å²) in [6.45, 7) is 9.49. The molecule has 0 saturated carbocycles. The first-order chi connectivity index (χ1) is 14.2. The van der Waals surface area contributed by atoms with Gasteiger partial charge >= 0.3 is 0 Å². The molecule has 0 spiro atoms. The van der Waals surface area contributed by atoms with Crippen molar-refractivity contribution in [3.63, 3.8) is 0 Å². The van der Waals surface area contributed by atoms with E-state index in [0.29, 0.717) is 34.4 Å². The van der Waals surface area contributed by atoms with E-state index < -0.39 is 5.91 Å². The summed E-state index contributed by atoms with van der Waals surface area (Å²) in [5.74, 6) is 0.479. The second-order valence-corrected chi connectivity index (χ2v) is 10.2. The van der Waals surface area contributed by atoms with Crippen LogP contribution in [0.4, 0.5) is 5.00 Å². The number of hydrogen-bond acceptors (Lipinski definition) is 4. The van der Waals surface area contributed by atoms with E-state index in [1.807, 2.05) is 6.07 Å². The number of unbranched alkanes of at least 4 members (excludes halogenated alkanes) is 1. The van der Waals surface area contributed by atoms with E-state index in [9.17, 15) is 9.59 Å². The SMILES string of the molecule is CCCCOc1cccc(C(=O)Nc2sc3c(c2C(N)=O)CC[C@@H](C(C)(C)C)C3)c1. The van der Waals surface area contributed by atoms with Crippen molar-refractivity contribution in [2.45, 2.75) is 59.8 Å². The van der Waals surface area contributed by atoms with E-state index in [-0.39, 0.29) is 11.3 Å². The number of carbonyl (C=O) groups excluding carboxylic acids is 2. The summed E-state index contributed by atoms with van der Waals surface area (Å²) in [4.78, 5) is 26.3. The summed E-state index contributed by atoms with van der Waals surface area (Å²) in [7, 11) is 0. The van der Waals surface area contributed by atoms with Gasteiger partial charge in [0.2, 0.25) is 0 Å². The van der Waals surface area contributed by atoms with Crippen molar-refractivity contribution >= 4 is 28.2 Å². The number of thiophene rings is 1. The van der Waals surface area contributed by atoms with E-state index in [2.05, 4.69) is 33.0 Å². The molecule has 2 amide bonds. The topological polar surface area (TPSA) is 81.4 Å². The van der Waals surface area contributed by atoms with Gasteiger partial charge in [0, 0.05) is 10.4 Å². The first-order valence-electron chi connectivity index (χ1n) is 10.7. The van der Waals surface area contributed by atoms with Crippen molar-refractivity contribution in [3.05, 3.63) is 45.8 Å². The molecule has 6 heteroatoms. The number of benzene rings is 1. The fraction of sp³-hybridized carbons (Fsp3) is 0.500.